The Labute approximate surface area is 148 Å². The second kappa shape index (κ2) is 8.32. The number of aliphatic hydroxyl groups excluding tert-OH is 1. The highest BCUT2D eigenvalue weighted by Gasteiger charge is 2.19. The van der Waals surface area contributed by atoms with Crippen LogP contribution in [0.3, 0.4) is 0 Å². The van der Waals surface area contributed by atoms with E-state index in [1.165, 1.54) is 12.8 Å². The maximum atomic E-state index is 12.5. The number of nitrogens with zero attached hydrogens (tertiary/aromatic N) is 2. The Kier molecular flexibility index (Phi) is 5.89. The Hall–Kier alpha value is -2.11. The fourth-order valence-electron chi connectivity index (χ4n) is 3.19. The standard InChI is InChI=1S/C20H26N2O3/c1-21(14-11-18(23)16-7-3-2-4-8-16)20(24)19-10-9-17(25-19)15-22-12-5-6-13-22/h2-4,7-10,18,23H,5-6,11-15H2,1H3. The van der Waals surface area contributed by atoms with E-state index >= 15 is 0 Å². The molecule has 1 aromatic carbocycles. The highest BCUT2D eigenvalue weighted by Crippen LogP contribution is 2.18. The average molecular weight is 342 g/mol. The maximum absolute atomic E-state index is 12.5. The summed E-state index contributed by atoms with van der Waals surface area (Å²) in [6, 6.07) is 13.1. The average Bonchev–Trinajstić information content (AvgIpc) is 3.32. The third kappa shape index (κ3) is 4.71. The van der Waals surface area contributed by atoms with E-state index in [0.717, 1.165) is 31.0 Å². The van der Waals surface area contributed by atoms with Crippen molar-refractivity contribution in [3.63, 3.8) is 0 Å². The van der Waals surface area contributed by atoms with Crippen molar-refractivity contribution in [3.8, 4) is 0 Å². The smallest absolute Gasteiger partial charge is 0.289 e. The summed E-state index contributed by atoms with van der Waals surface area (Å²) >= 11 is 0. The van der Waals surface area contributed by atoms with Crippen molar-refractivity contribution in [2.45, 2.75) is 31.9 Å². The summed E-state index contributed by atoms with van der Waals surface area (Å²) in [5, 5.41) is 10.2. The van der Waals surface area contributed by atoms with Gasteiger partial charge in [0.1, 0.15) is 5.76 Å². The lowest BCUT2D eigenvalue weighted by molar-refractivity contribution is 0.0727. The molecule has 5 heteroatoms. The van der Waals surface area contributed by atoms with Gasteiger partial charge < -0.3 is 14.4 Å². The first-order valence-corrected chi connectivity index (χ1v) is 8.93. The minimum Gasteiger partial charge on any atom is -0.455 e. The van der Waals surface area contributed by atoms with Crippen molar-refractivity contribution in [1.29, 1.82) is 0 Å². The van der Waals surface area contributed by atoms with Crippen LogP contribution in [0.1, 0.15) is 47.2 Å². The number of hydrogen-bond donors (Lipinski definition) is 1. The molecule has 1 aromatic heterocycles. The van der Waals surface area contributed by atoms with E-state index in [-0.39, 0.29) is 5.91 Å². The number of aliphatic hydroxyl groups is 1. The number of carbonyl (C=O) groups excluding carboxylic acids is 1. The Morgan fingerprint density at radius 1 is 1.20 bits per heavy atom. The molecule has 0 aliphatic carbocycles. The molecule has 0 saturated carbocycles. The van der Waals surface area contributed by atoms with Gasteiger partial charge in [0.15, 0.2) is 5.76 Å². The van der Waals surface area contributed by atoms with Gasteiger partial charge in [-0.15, -0.1) is 0 Å². The van der Waals surface area contributed by atoms with Crippen molar-refractivity contribution in [2.24, 2.45) is 0 Å². The summed E-state index contributed by atoms with van der Waals surface area (Å²) in [5.41, 5.74) is 0.870. The molecule has 134 valence electrons. The number of hydrogen-bond acceptors (Lipinski definition) is 4. The van der Waals surface area contributed by atoms with Crippen molar-refractivity contribution in [2.75, 3.05) is 26.7 Å². The summed E-state index contributed by atoms with van der Waals surface area (Å²) in [5.74, 6) is 1.06. The zero-order chi connectivity index (χ0) is 17.6. The number of likely N-dealkylation sites (tertiary alicyclic amines) is 1. The number of benzene rings is 1. The second-order valence-electron chi connectivity index (χ2n) is 6.69. The summed E-state index contributed by atoms with van der Waals surface area (Å²) in [6.07, 6.45) is 2.39. The van der Waals surface area contributed by atoms with E-state index in [1.807, 2.05) is 36.4 Å². The minimum atomic E-state index is -0.571. The van der Waals surface area contributed by atoms with Gasteiger partial charge in [0.05, 0.1) is 12.6 Å². The monoisotopic (exact) mass is 342 g/mol. The third-order valence-electron chi connectivity index (χ3n) is 4.72. The predicted octanol–water partition coefficient (Wildman–Crippen LogP) is 3.07. The van der Waals surface area contributed by atoms with Crippen LogP contribution in [0, 0.1) is 0 Å². The van der Waals surface area contributed by atoms with E-state index in [1.54, 1.807) is 18.0 Å². The van der Waals surface area contributed by atoms with E-state index in [2.05, 4.69) is 4.90 Å². The predicted molar refractivity (Wildman–Crippen MR) is 96.2 cm³/mol. The number of carbonyl (C=O) groups is 1. The molecule has 1 atom stereocenters. The molecular formula is C20H26N2O3. The van der Waals surface area contributed by atoms with Gasteiger partial charge in [0, 0.05) is 13.6 Å². The summed E-state index contributed by atoms with van der Waals surface area (Å²) in [4.78, 5) is 16.4. The Morgan fingerprint density at radius 3 is 2.64 bits per heavy atom. The summed E-state index contributed by atoms with van der Waals surface area (Å²) in [7, 11) is 1.74. The van der Waals surface area contributed by atoms with Crippen molar-refractivity contribution in [1.82, 2.24) is 9.80 Å². The van der Waals surface area contributed by atoms with Crippen LogP contribution < -0.4 is 0 Å². The van der Waals surface area contributed by atoms with Gasteiger partial charge in [-0.2, -0.15) is 0 Å². The quantitative estimate of drug-likeness (QED) is 0.840. The van der Waals surface area contributed by atoms with Crippen LogP contribution in [-0.4, -0.2) is 47.5 Å². The van der Waals surface area contributed by atoms with Gasteiger partial charge in [0.25, 0.3) is 5.91 Å². The first-order valence-electron chi connectivity index (χ1n) is 8.93. The largest absolute Gasteiger partial charge is 0.455 e. The molecule has 2 aromatic rings. The molecule has 1 amide bonds. The van der Waals surface area contributed by atoms with Crippen LogP contribution in [0.2, 0.25) is 0 Å². The number of rotatable bonds is 7. The molecule has 5 nitrogen and oxygen atoms in total. The van der Waals surface area contributed by atoms with Gasteiger partial charge in [-0.25, -0.2) is 0 Å². The number of furan rings is 1. The molecule has 3 rings (SSSR count). The molecule has 1 aliphatic rings. The zero-order valence-electron chi connectivity index (χ0n) is 14.7. The van der Waals surface area contributed by atoms with Gasteiger partial charge in [-0.1, -0.05) is 30.3 Å². The van der Waals surface area contributed by atoms with Crippen LogP contribution in [-0.2, 0) is 6.54 Å². The van der Waals surface area contributed by atoms with Gasteiger partial charge in [-0.05, 0) is 50.0 Å². The third-order valence-corrected chi connectivity index (χ3v) is 4.72. The van der Waals surface area contributed by atoms with Crippen LogP contribution in [0.5, 0.6) is 0 Å². The van der Waals surface area contributed by atoms with Gasteiger partial charge in [0.2, 0.25) is 0 Å². The molecule has 1 fully saturated rings. The fourth-order valence-corrected chi connectivity index (χ4v) is 3.19. The number of amides is 1. The van der Waals surface area contributed by atoms with Gasteiger partial charge in [-0.3, -0.25) is 9.69 Å². The molecule has 25 heavy (non-hydrogen) atoms. The summed E-state index contributed by atoms with van der Waals surface area (Å²) < 4.78 is 5.72. The topological polar surface area (TPSA) is 56.9 Å². The molecule has 1 aliphatic heterocycles. The molecule has 0 spiro atoms. The first kappa shape index (κ1) is 17.7. The lowest BCUT2D eigenvalue weighted by Crippen LogP contribution is -2.28. The molecule has 1 unspecified atom stereocenters. The molecule has 0 radical (unpaired) electrons. The highest BCUT2D eigenvalue weighted by molar-refractivity contribution is 5.91. The lowest BCUT2D eigenvalue weighted by atomic mass is 10.1. The zero-order valence-corrected chi connectivity index (χ0v) is 14.7. The van der Waals surface area contributed by atoms with Crippen molar-refractivity contribution in [3.05, 3.63) is 59.5 Å². The van der Waals surface area contributed by atoms with Crippen molar-refractivity contribution < 1.29 is 14.3 Å². The maximum Gasteiger partial charge on any atom is 0.289 e. The molecule has 1 N–H and O–H groups in total. The van der Waals surface area contributed by atoms with Gasteiger partial charge >= 0.3 is 0 Å². The Balaban J connectivity index is 1.51. The molecule has 1 saturated heterocycles. The Bertz CT molecular complexity index is 677. The fraction of sp³-hybridized carbons (Fsp3) is 0.450. The molecular weight excluding hydrogens is 316 g/mol. The minimum absolute atomic E-state index is 0.145. The lowest BCUT2D eigenvalue weighted by Gasteiger charge is -2.18. The van der Waals surface area contributed by atoms with E-state index in [9.17, 15) is 9.90 Å². The van der Waals surface area contributed by atoms with Crippen LogP contribution in [0.25, 0.3) is 0 Å². The molecule has 0 bridgehead atoms. The van der Waals surface area contributed by atoms with Crippen LogP contribution in [0.4, 0.5) is 0 Å². The summed E-state index contributed by atoms with van der Waals surface area (Å²) in [6.45, 7) is 3.43. The van der Waals surface area contributed by atoms with Crippen molar-refractivity contribution >= 4 is 5.91 Å². The van der Waals surface area contributed by atoms with E-state index in [0.29, 0.717) is 18.7 Å². The second-order valence-corrected chi connectivity index (χ2v) is 6.69. The molecule has 2 heterocycles. The van der Waals surface area contributed by atoms with Crippen LogP contribution >= 0.6 is 0 Å². The van der Waals surface area contributed by atoms with E-state index < -0.39 is 6.10 Å². The SMILES string of the molecule is CN(CCC(O)c1ccccc1)C(=O)c1ccc(CN2CCCC2)o1. The van der Waals surface area contributed by atoms with Crippen LogP contribution in [0.15, 0.2) is 46.9 Å². The Morgan fingerprint density at radius 2 is 1.92 bits per heavy atom. The van der Waals surface area contributed by atoms with E-state index in [4.69, 9.17) is 4.42 Å². The highest BCUT2D eigenvalue weighted by atomic mass is 16.4. The normalized spacial score (nSPS) is 16.1. The first-order chi connectivity index (χ1) is 12.1.